The molecule has 0 fully saturated rings. The van der Waals surface area contributed by atoms with Crippen molar-refractivity contribution in [3.8, 4) is 33.9 Å². The van der Waals surface area contributed by atoms with Crippen LogP contribution in [0.15, 0.2) is 91.1 Å². The number of nitrogens with two attached hydrogens (primary N) is 2. The lowest BCUT2D eigenvalue weighted by molar-refractivity contribution is 0.484. The summed E-state index contributed by atoms with van der Waals surface area (Å²) in [5.74, 6) is 1.43. The molecule has 4 heteroatoms. The molecule has 1 aromatic heterocycles. The lowest BCUT2D eigenvalue weighted by atomic mass is 9.96. The predicted molar refractivity (Wildman–Crippen MR) is 110 cm³/mol. The Morgan fingerprint density at radius 3 is 2.07 bits per heavy atom. The molecule has 0 unspecified atom stereocenters. The van der Waals surface area contributed by atoms with Gasteiger partial charge in [-0.25, -0.2) is 0 Å². The Kier molecular flexibility index (Phi) is 4.45. The second kappa shape index (κ2) is 7.22. The largest absolute Gasteiger partial charge is 0.457 e. The molecule has 0 aliphatic heterocycles. The second-order valence-corrected chi connectivity index (χ2v) is 6.19. The van der Waals surface area contributed by atoms with Gasteiger partial charge < -0.3 is 16.2 Å². The molecule has 4 aromatic rings. The normalized spacial score (nSPS) is 10.5. The Morgan fingerprint density at radius 1 is 0.630 bits per heavy atom. The minimum atomic E-state index is 0.672. The summed E-state index contributed by atoms with van der Waals surface area (Å²) in [5.41, 5.74) is 17.0. The number of aromatic nitrogens is 1. The zero-order chi connectivity index (χ0) is 18.6. The van der Waals surface area contributed by atoms with Crippen molar-refractivity contribution in [3.63, 3.8) is 0 Å². The van der Waals surface area contributed by atoms with Crippen molar-refractivity contribution in [2.75, 3.05) is 11.5 Å². The minimum absolute atomic E-state index is 0.672. The van der Waals surface area contributed by atoms with Crippen molar-refractivity contribution in [2.24, 2.45) is 0 Å². The van der Waals surface area contributed by atoms with E-state index in [1.807, 2.05) is 78.9 Å². The number of nitrogen functional groups attached to an aromatic ring is 2. The van der Waals surface area contributed by atoms with Crippen molar-refractivity contribution in [1.82, 2.24) is 4.98 Å². The molecular weight excluding hydrogens is 334 g/mol. The van der Waals surface area contributed by atoms with Gasteiger partial charge in [0.15, 0.2) is 0 Å². The van der Waals surface area contributed by atoms with Crippen LogP contribution >= 0.6 is 0 Å². The maximum Gasteiger partial charge on any atom is 0.135 e. The Hall–Kier alpha value is -3.79. The van der Waals surface area contributed by atoms with Crippen molar-refractivity contribution in [2.45, 2.75) is 0 Å². The van der Waals surface area contributed by atoms with Gasteiger partial charge in [-0.1, -0.05) is 30.3 Å². The molecule has 0 radical (unpaired) electrons. The molecule has 0 amide bonds. The highest BCUT2D eigenvalue weighted by molar-refractivity contribution is 5.86. The van der Waals surface area contributed by atoms with E-state index in [0.29, 0.717) is 17.1 Å². The van der Waals surface area contributed by atoms with Gasteiger partial charge in [0, 0.05) is 28.7 Å². The summed E-state index contributed by atoms with van der Waals surface area (Å²) in [5, 5.41) is 0. The number of pyridine rings is 1. The van der Waals surface area contributed by atoms with Gasteiger partial charge in [0.2, 0.25) is 0 Å². The second-order valence-electron chi connectivity index (χ2n) is 6.19. The van der Waals surface area contributed by atoms with Gasteiger partial charge in [-0.3, -0.25) is 4.98 Å². The number of rotatable bonds is 4. The third-order valence-corrected chi connectivity index (χ3v) is 4.27. The first-order valence-electron chi connectivity index (χ1n) is 8.64. The van der Waals surface area contributed by atoms with Crippen LogP contribution in [0.1, 0.15) is 0 Å². The third kappa shape index (κ3) is 3.60. The highest BCUT2D eigenvalue weighted by Crippen LogP contribution is 2.39. The average molecular weight is 353 g/mol. The van der Waals surface area contributed by atoms with Gasteiger partial charge in [0.05, 0.1) is 5.69 Å². The van der Waals surface area contributed by atoms with E-state index in [4.69, 9.17) is 16.2 Å². The number of hydrogen-bond acceptors (Lipinski definition) is 4. The molecule has 0 bridgehead atoms. The first-order valence-corrected chi connectivity index (χ1v) is 8.64. The lowest BCUT2D eigenvalue weighted by Gasteiger charge is -2.15. The van der Waals surface area contributed by atoms with Crippen LogP contribution in [0.4, 0.5) is 11.4 Å². The average Bonchev–Trinajstić information content (AvgIpc) is 2.72. The van der Waals surface area contributed by atoms with Gasteiger partial charge in [0.25, 0.3) is 0 Å². The van der Waals surface area contributed by atoms with Crippen molar-refractivity contribution >= 4 is 11.4 Å². The van der Waals surface area contributed by atoms with Gasteiger partial charge in [-0.05, 0) is 60.2 Å². The summed E-state index contributed by atoms with van der Waals surface area (Å²) in [6.45, 7) is 0. The summed E-state index contributed by atoms with van der Waals surface area (Å²) in [4.78, 5) is 4.49. The van der Waals surface area contributed by atoms with Crippen LogP contribution in [-0.2, 0) is 0 Å². The Labute approximate surface area is 158 Å². The molecule has 27 heavy (non-hydrogen) atoms. The van der Waals surface area contributed by atoms with E-state index in [-0.39, 0.29) is 0 Å². The fraction of sp³-hybridized carbons (Fsp3) is 0. The van der Waals surface area contributed by atoms with Gasteiger partial charge in [-0.15, -0.1) is 0 Å². The van der Waals surface area contributed by atoms with E-state index in [2.05, 4.69) is 11.1 Å². The fourth-order valence-corrected chi connectivity index (χ4v) is 2.97. The van der Waals surface area contributed by atoms with Crippen LogP contribution in [-0.4, -0.2) is 4.98 Å². The summed E-state index contributed by atoms with van der Waals surface area (Å²) in [6.07, 6.45) is 1.79. The number of benzene rings is 3. The predicted octanol–water partition coefficient (Wildman–Crippen LogP) is 5.37. The standard InChI is InChI=1S/C23H19N3O/c24-16-8-11-18(12-9-16)27-23-13-10-17(25)15-21(23)19-5-1-2-6-20(19)22-7-3-4-14-26-22/h1-15H,24-25H2. The highest BCUT2D eigenvalue weighted by atomic mass is 16.5. The number of nitrogens with zero attached hydrogens (tertiary/aromatic N) is 1. The van der Waals surface area contributed by atoms with Gasteiger partial charge in [0.1, 0.15) is 11.5 Å². The number of anilines is 2. The molecular formula is C23H19N3O. The molecule has 4 nitrogen and oxygen atoms in total. The third-order valence-electron chi connectivity index (χ3n) is 4.27. The van der Waals surface area contributed by atoms with E-state index in [1.54, 1.807) is 6.20 Å². The molecule has 0 aliphatic rings. The lowest BCUT2D eigenvalue weighted by Crippen LogP contribution is -1.94. The van der Waals surface area contributed by atoms with Crippen LogP contribution < -0.4 is 16.2 Å². The summed E-state index contributed by atoms with van der Waals surface area (Å²) in [7, 11) is 0. The van der Waals surface area contributed by atoms with E-state index < -0.39 is 0 Å². The maximum absolute atomic E-state index is 6.13. The van der Waals surface area contributed by atoms with Crippen LogP contribution in [0, 0.1) is 0 Å². The molecule has 0 saturated carbocycles. The van der Waals surface area contributed by atoms with Gasteiger partial charge in [-0.2, -0.15) is 0 Å². The van der Waals surface area contributed by atoms with E-state index in [0.717, 1.165) is 28.1 Å². The Balaban J connectivity index is 1.83. The molecule has 4 N–H and O–H groups in total. The quantitative estimate of drug-likeness (QED) is 0.484. The Bertz CT molecular complexity index is 1060. The zero-order valence-corrected chi connectivity index (χ0v) is 14.7. The topological polar surface area (TPSA) is 74.2 Å². The Morgan fingerprint density at radius 2 is 1.33 bits per heavy atom. The smallest absolute Gasteiger partial charge is 0.135 e. The van der Waals surface area contributed by atoms with Crippen molar-refractivity contribution in [3.05, 3.63) is 91.1 Å². The van der Waals surface area contributed by atoms with Crippen molar-refractivity contribution in [1.29, 1.82) is 0 Å². The highest BCUT2D eigenvalue weighted by Gasteiger charge is 2.13. The molecule has 1 heterocycles. The number of ether oxygens (including phenoxy) is 1. The van der Waals surface area contributed by atoms with E-state index in [1.165, 1.54) is 0 Å². The van der Waals surface area contributed by atoms with Gasteiger partial charge >= 0.3 is 0 Å². The molecule has 4 rings (SSSR count). The minimum Gasteiger partial charge on any atom is -0.457 e. The first kappa shape index (κ1) is 16.7. The van der Waals surface area contributed by atoms with Crippen LogP contribution in [0.25, 0.3) is 22.4 Å². The summed E-state index contributed by atoms with van der Waals surface area (Å²) in [6, 6.07) is 26.9. The SMILES string of the molecule is Nc1ccc(Oc2ccc(N)cc2-c2ccccc2-c2ccccn2)cc1. The van der Waals surface area contributed by atoms with E-state index in [9.17, 15) is 0 Å². The zero-order valence-electron chi connectivity index (χ0n) is 14.7. The number of hydrogen-bond donors (Lipinski definition) is 2. The first-order chi connectivity index (χ1) is 13.2. The van der Waals surface area contributed by atoms with Crippen molar-refractivity contribution < 1.29 is 4.74 Å². The molecule has 3 aromatic carbocycles. The summed E-state index contributed by atoms with van der Waals surface area (Å²) >= 11 is 0. The van der Waals surface area contributed by atoms with E-state index >= 15 is 0 Å². The van der Waals surface area contributed by atoms with Crippen LogP contribution in [0.3, 0.4) is 0 Å². The molecule has 0 saturated heterocycles. The fourth-order valence-electron chi connectivity index (χ4n) is 2.97. The van der Waals surface area contributed by atoms with Crippen LogP contribution in [0.2, 0.25) is 0 Å². The van der Waals surface area contributed by atoms with Crippen LogP contribution in [0.5, 0.6) is 11.5 Å². The summed E-state index contributed by atoms with van der Waals surface area (Å²) < 4.78 is 6.13. The molecule has 0 spiro atoms. The molecule has 0 atom stereocenters. The molecule has 132 valence electrons. The maximum atomic E-state index is 6.13. The monoisotopic (exact) mass is 353 g/mol. The molecule has 0 aliphatic carbocycles.